The van der Waals surface area contributed by atoms with Crippen LogP contribution in [0.25, 0.3) is 11.0 Å². The number of nitrogens with one attached hydrogen (secondary N) is 2. The van der Waals surface area contributed by atoms with Gasteiger partial charge in [-0.1, -0.05) is 5.21 Å². The van der Waals surface area contributed by atoms with Crippen molar-refractivity contribution in [2.75, 3.05) is 19.6 Å². The molecule has 1 aromatic heterocycles. The van der Waals surface area contributed by atoms with Gasteiger partial charge in [0.15, 0.2) is 0 Å². The molecule has 0 saturated carbocycles. The molecule has 0 radical (unpaired) electrons. The summed E-state index contributed by atoms with van der Waals surface area (Å²) in [6.45, 7) is 2.81. The van der Waals surface area contributed by atoms with Gasteiger partial charge in [-0.25, -0.2) is 4.68 Å². The summed E-state index contributed by atoms with van der Waals surface area (Å²) in [4.78, 5) is 12.2. The minimum absolute atomic E-state index is 0. The Bertz CT molecular complexity index is 621. The number of carbonyl (C=O) groups is 1. The first-order chi connectivity index (χ1) is 9.74. The molecule has 1 atom stereocenters. The summed E-state index contributed by atoms with van der Waals surface area (Å²) in [7, 11) is 1.84. The number of aromatic nitrogens is 3. The fourth-order valence-electron chi connectivity index (χ4n) is 2.62. The van der Waals surface area contributed by atoms with Gasteiger partial charge in [-0.05, 0) is 50.0 Å². The predicted octanol–water partition coefficient (Wildman–Crippen LogP) is 1.12. The van der Waals surface area contributed by atoms with Crippen molar-refractivity contribution >= 4 is 29.3 Å². The lowest BCUT2D eigenvalue weighted by atomic mass is 9.99. The van der Waals surface area contributed by atoms with Crippen molar-refractivity contribution < 1.29 is 4.79 Å². The van der Waals surface area contributed by atoms with Crippen LogP contribution in [0.5, 0.6) is 0 Å². The molecule has 1 unspecified atom stereocenters. The van der Waals surface area contributed by atoms with E-state index in [-0.39, 0.29) is 18.3 Å². The van der Waals surface area contributed by atoms with E-state index < -0.39 is 0 Å². The third-order valence-corrected chi connectivity index (χ3v) is 3.82. The van der Waals surface area contributed by atoms with Crippen LogP contribution in [0.15, 0.2) is 18.2 Å². The first-order valence-electron chi connectivity index (χ1n) is 7.02. The fourth-order valence-corrected chi connectivity index (χ4v) is 2.62. The van der Waals surface area contributed by atoms with Crippen molar-refractivity contribution in [1.29, 1.82) is 0 Å². The summed E-state index contributed by atoms with van der Waals surface area (Å²) in [5, 5.41) is 14.3. The maximum absolute atomic E-state index is 12.2. The van der Waals surface area contributed by atoms with Crippen LogP contribution in [0.2, 0.25) is 0 Å². The lowest BCUT2D eigenvalue weighted by Gasteiger charge is -2.22. The minimum atomic E-state index is -0.0388. The van der Waals surface area contributed by atoms with E-state index in [4.69, 9.17) is 0 Å². The van der Waals surface area contributed by atoms with Crippen molar-refractivity contribution in [2.24, 2.45) is 13.0 Å². The zero-order chi connectivity index (χ0) is 13.9. The van der Waals surface area contributed by atoms with E-state index in [1.165, 1.54) is 12.8 Å². The third kappa shape index (κ3) is 3.51. The zero-order valence-electron chi connectivity index (χ0n) is 12.0. The molecule has 1 aliphatic rings. The fraction of sp³-hybridized carbons (Fsp3) is 0.500. The molecular formula is C14H20ClN5O. The summed E-state index contributed by atoms with van der Waals surface area (Å²) in [5.41, 5.74) is 2.32. The number of amides is 1. The van der Waals surface area contributed by atoms with Crippen LogP contribution < -0.4 is 10.6 Å². The molecule has 2 aromatic rings. The lowest BCUT2D eigenvalue weighted by molar-refractivity contribution is 0.0945. The highest BCUT2D eigenvalue weighted by Gasteiger charge is 2.15. The van der Waals surface area contributed by atoms with E-state index >= 15 is 0 Å². The first kappa shape index (κ1) is 15.7. The summed E-state index contributed by atoms with van der Waals surface area (Å²) in [6.07, 6.45) is 2.36. The van der Waals surface area contributed by atoms with Crippen LogP contribution in [-0.2, 0) is 7.05 Å². The van der Waals surface area contributed by atoms with Crippen LogP contribution in [0.3, 0.4) is 0 Å². The number of halogens is 1. The van der Waals surface area contributed by atoms with E-state index in [0.717, 1.165) is 30.7 Å². The highest BCUT2D eigenvalue weighted by atomic mass is 35.5. The first-order valence-corrected chi connectivity index (χ1v) is 7.02. The molecule has 1 aliphatic heterocycles. The van der Waals surface area contributed by atoms with E-state index in [1.54, 1.807) is 10.7 Å². The Labute approximate surface area is 129 Å². The molecule has 0 spiro atoms. The molecule has 6 nitrogen and oxygen atoms in total. The lowest BCUT2D eigenvalue weighted by Crippen LogP contribution is -2.38. The number of hydrogen-bond acceptors (Lipinski definition) is 4. The van der Waals surface area contributed by atoms with Gasteiger partial charge in [0.2, 0.25) is 0 Å². The molecule has 1 amide bonds. The normalized spacial score (nSPS) is 18.2. The molecule has 1 aromatic carbocycles. The van der Waals surface area contributed by atoms with Gasteiger partial charge >= 0.3 is 0 Å². The van der Waals surface area contributed by atoms with Gasteiger partial charge in [-0.2, -0.15) is 0 Å². The Hall–Kier alpha value is -1.66. The summed E-state index contributed by atoms with van der Waals surface area (Å²) >= 11 is 0. The molecule has 7 heteroatoms. The van der Waals surface area contributed by atoms with Crippen LogP contribution in [-0.4, -0.2) is 40.5 Å². The van der Waals surface area contributed by atoms with Crippen LogP contribution in [0.4, 0.5) is 0 Å². The Morgan fingerprint density at radius 3 is 3.14 bits per heavy atom. The number of piperidine rings is 1. The Balaban J connectivity index is 0.00000161. The van der Waals surface area contributed by atoms with Crippen molar-refractivity contribution in [3.05, 3.63) is 23.8 Å². The molecule has 0 aliphatic carbocycles. The summed E-state index contributed by atoms with van der Waals surface area (Å²) in [6, 6.07) is 5.49. The third-order valence-electron chi connectivity index (χ3n) is 3.82. The van der Waals surface area contributed by atoms with Gasteiger partial charge in [-0.3, -0.25) is 4.79 Å². The number of rotatable bonds is 3. The summed E-state index contributed by atoms with van der Waals surface area (Å²) < 4.78 is 1.70. The van der Waals surface area contributed by atoms with Gasteiger partial charge in [-0.15, -0.1) is 17.5 Å². The molecule has 1 fully saturated rings. The number of hydrogen-bond donors (Lipinski definition) is 2. The van der Waals surface area contributed by atoms with Gasteiger partial charge in [0, 0.05) is 19.2 Å². The zero-order valence-corrected chi connectivity index (χ0v) is 12.8. The second kappa shape index (κ2) is 6.87. The standard InChI is InChI=1S/C14H19N5O.ClH/c1-19-13-5-4-11(7-12(13)17-18-19)14(20)16-9-10-3-2-6-15-8-10;/h4-5,7,10,15H,2-3,6,8-9H2,1H3,(H,16,20);1H. The Kier molecular flexibility index (Phi) is 5.14. The monoisotopic (exact) mass is 309 g/mol. The molecular weight excluding hydrogens is 290 g/mol. The minimum Gasteiger partial charge on any atom is -0.352 e. The molecule has 3 rings (SSSR count). The molecule has 2 N–H and O–H groups in total. The van der Waals surface area contributed by atoms with Gasteiger partial charge in [0.25, 0.3) is 5.91 Å². The number of aryl methyl sites for hydroxylation is 1. The van der Waals surface area contributed by atoms with Crippen LogP contribution in [0, 0.1) is 5.92 Å². The van der Waals surface area contributed by atoms with Crippen molar-refractivity contribution in [2.45, 2.75) is 12.8 Å². The summed E-state index contributed by atoms with van der Waals surface area (Å²) in [5.74, 6) is 0.496. The maximum Gasteiger partial charge on any atom is 0.251 e. The second-order valence-corrected chi connectivity index (χ2v) is 5.34. The molecule has 2 heterocycles. The molecule has 114 valence electrons. The molecule has 1 saturated heterocycles. The van der Waals surface area contributed by atoms with E-state index in [2.05, 4.69) is 20.9 Å². The average Bonchev–Trinajstić information content (AvgIpc) is 2.87. The van der Waals surface area contributed by atoms with E-state index in [9.17, 15) is 4.79 Å². The number of carbonyl (C=O) groups excluding carboxylic acids is 1. The smallest absolute Gasteiger partial charge is 0.251 e. The SMILES string of the molecule is Cl.Cn1nnc2cc(C(=O)NCC3CCCNC3)ccc21. The Morgan fingerprint density at radius 2 is 2.38 bits per heavy atom. The Morgan fingerprint density at radius 1 is 1.52 bits per heavy atom. The molecule has 0 bridgehead atoms. The molecule has 21 heavy (non-hydrogen) atoms. The number of fused-ring (bicyclic) bond motifs is 1. The van der Waals surface area contributed by atoms with Gasteiger partial charge in [0.05, 0.1) is 5.52 Å². The highest BCUT2D eigenvalue weighted by molar-refractivity contribution is 5.97. The van der Waals surface area contributed by atoms with Crippen molar-refractivity contribution in [3.63, 3.8) is 0 Å². The largest absolute Gasteiger partial charge is 0.352 e. The number of nitrogens with zero attached hydrogens (tertiary/aromatic N) is 3. The van der Waals surface area contributed by atoms with Crippen molar-refractivity contribution in [1.82, 2.24) is 25.6 Å². The number of benzene rings is 1. The quantitative estimate of drug-likeness (QED) is 0.891. The van der Waals surface area contributed by atoms with Crippen molar-refractivity contribution in [3.8, 4) is 0 Å². The maximum atomic E-state index is 12.2. The average molecular weight is 310 g/mol. The van der Waals surface area contributed by atoms with Gasteiger partial charge < -0.3 is 10.6 Å². The predicted molar refractivity (Wildman–Crippen MR) is 83.7 cm³/mol. The highest BCUT2D eigenvalue weighted by Crippen LogP contribution is 2.13. The second-order valence-electron chi connectivity index (χ2n) is 5.34. The van der Waals surface area contributed by atoms with Gasteiger partial charge in [0.1, 0.15) is 5.52 Å². The van der Waals surface area contributed by atoms with E-state index in [0.29, 0.717) is 11.5 Å². The van der Waals surface area contributed by atoms with E-state index in [1.807, 2.05) is 19.2 Å². The van der Waals surface area contributed by atoms with Crippen LogP contribution in [0.1, 0.15) is 23.2 Å². The van der Waals surface area contributed by atoms with Crippen LogP contribution >= 0.6 is 12.4 Å². The topological polar surface area (TPSA) is 71.8 Å².